The van der Waals surface area contributed by atoms with Crippen LogP contribution in [0.1, 0.15) is 32.6 Å². The van der Waals surface area contributed by atoms with E-state index in [0.29, 0.717) is 5.92 Å². The van der Waals surface area contributed by atoms with Crippen LogP contribution in [0.4, 0.5) is 0 Å². The van der Waals surface area contributed by atoms with Gasteiger partial charge in [-0.1, -0.05) is 13.3 Å². The van der Waals surface area contributed by atoms with Crippen LogP contribution < -0.4 is 0 Å². The van der Waals surface area contributed by atoms with Gasteiger partial charge in [-0.2, -0.15) is 0 Å². The van der Waals surface area contributed by atoms with Crippen molar-refractivity contribution in [3.8, 4) is 0 Å². The van der Waals surface area contributed by atoms with Crippen molar-refractivity contribution in [3.63, 3.8) is 0 Å². The van der Waals surface area contributed by atoms with Crippen molar-refractivity contribution >= 4 is 0 Å². The summed E-state index contributed by atoms with van der Waals surface area (Å²) in [5, 5.41) is 9.77. The Hall–Kier alpha value is -0.0800. The molecule has 72 valence electrons. The Bertz CT molecular complexity index is 121. The van der Waals surface area contributed by atoms with E-state index in [1.54, 1.807) is 7.11 Å². The van der Waals surface area contributed by atoms with Gasteiger partial charge in [-0.15, -0.1) is 0 Å². The van der Waals surface area contributed by atoms with Crippen LogP contribution in [0.25, 0.3) is 0 Å². The molecule has 0 heterocycles. The molecule has 0 aromatic carbocycles. The number of ether oxygens (including phenoxy) is 1. The molecule has 0 aromatic heterocycles. The fraction of sp³-hybridized carbons (Fsp3) is 1.00. The molecule has 1 aliphatic rings. The third-order valence-corrected chi connectivity index (χ3v) is 2.67. The summed E-state index contributed by atoms with van der Waals surface area (Å²) < 4.78 is 5.11. The minimum absolute atomic E-state index is 0.137. The van der Waals surface area contributed by atoms with Gasteiger partial charge in [-0.3, -0.25) is 0 Å². The molecule has 0 aliphatic heterocycles. The van der Waals surface area contributed by atoms with E-state index >= 15 is 0 Å². The fourth-order valence-corrected chi connectivity index (χ4v) is 1.79. The highest BCUT2D eigenvalue weighted by molar-refractivity contribution is 4.85. The van der Waals surface area contributed by atoms with E-state index < -0.39 is 0 Å². The van der Waals surface area contributed by atoms with Gasteiger partial charge in [-0.25, -0.2) is 0 Å². The maximum absolute atomic E-state index is 9.77. The van der Waals surface area contributed by atoms with E-state index in [4.69, 9.17) is 4.74 Å². The zero-order valence-corrected chi connectivity index (χ0v) is 8.12. The largest absolute Gasteiger partial charge is 0.393 e. The Labute approximate surface area is 74.9 Å². The van der Waals surface area contributed by atoms with Crippen LogP contribution in [-0.4, -0.2) is 24.9 Å². The average Bonchev–Trinajstić information content (AvgIpc) is 2.83. The van der Waals surface area contributed by atoms with Gasteiger partial charge in [0.1, 0.15) is 0 Å². The molecule has 0 bridgehead atoms. The number of hydrogen-bond acceptors (Lipinski definition) is 2. The molecular weight excluding hydrogens is 152 g/mol. The highest BCUT2D eigenvalue weighted by Gasteiger charge is 2.35. The lowest BCUT2D eigenvalue weighted by Crippen LogP contribution is -2.26. The van der Waals surface area contributed by atoms with Gasteiger partial charge in [0, 0.05) is 13.0 Å². The van der Waals surface area contributed by atoms with Crippen LogP contribution >= 0.6 is 0 Å². The molecule has 2 nitrogen and oxygen atoms in total. The third kappa shape index (κ3) is 2.76. The van der Waals surface area contributed by atoms with Crippen LogP contribution in [0.3, 0.4) is 0 Å². The molecule has 2 atom stereocenters. The van der Waals surface area contributed by atoms with Crippen LogP contribution in [0.2, 0.25) is 0 Å². The summed E-state index contributed by atoms with van der Waals surface area (Å²) in [6.45, 7) is 2.84. The molecule has 1 rings (SSSR count). The van der Waals surface area contributed by atoms with Gasteiger partial charge < -0.3 is 9.84 Å². The smallest absolute Gasteiger partial charge is 0.0593 e. The lowest BCUT2D eigenvalue weighted by molar-refractivity contribution is 0.0314. The summed E-state index contributed by atoms with van der Waals surface area (Å²) in [7, 11) is 1.72. The Morgan fingerprint density at radius 3 is 2.58 bits per heavy atom. The van der Waals surface area contributed by atoms with E-state index in [1.807, 2.05) is 0 Å². The molecule has 1 fully saturated rings. The Balaban J connectivity index is 2.29. The third-order valence-electron chi connectivity index (χ3n) is 2.67. The molecule has 0 aromatic rings. The summed E-state index contributed by atoms with van der Waals surface area (Å²) in [5.74, 6) is 1.14. The molecule has 12 heavy (non-hydrogen) atoms. The second-order valence-electron chi connectivity index (χ2n) is 3.81. The maximum atomic E-state index is 9.77. The summed E-state index contributed by atoms with van der Waals surface area (Å²) >= 11 is 0. The number of rotatable bonds is 6. The molecule has 0 radical (unpaired) electrons. The monoisotopic (exact) mass is 172 g/mol. The molecule has 1 saturated carbocycles. The Kier molecular flexibility index (Phi) is 4.02. The standard InChI is InChI=1S/C10H20O2/c1-3-4-10(11)9(7-12-2)8-5-6-8/h8-11H,3-7H2,1-2H3. The van der Waals surface area contributed by atoms with E-state index in [9.17, 15) is 5.11 Å². The van der Waals surface area contributed by atoms with Crippen molar-refractivity contribution in [1.29, 1.82) is 0 Å². The second-order valence-corrected chi connectivity index (χ2v) is 3.81. The van der Waals surface area contributed by atoms with Gasteiger partial charge in [0.2, 0.25) is 0 Å². The van der Waals surface area contributed by atoms with E-state index in [1.165, 1.54) is 12.8 Å². The molecule has 2 heteroatoms. The SMILES string of the molecule is CCCC(O)C(COC)C1CC1. The lowest BCUT2D eigenvalue weighted by Gasteiger charge is -2.21. The molecule has 0 spiro atoms. The highest BCUT2D eigenvalue weighted by Crippen LogP contribution is 2.39. The number of methoxy groups -OCH3 is 1. The highest BCUT2D eigenvalue weighted by atomic mass is 16.5. The van der Waals surface area contributed by atoms with E-state index in [0.717, 1.165) is 25.4 Å². The number of aliphatic hydroxyl groups is 1. The minimum atomic E-state index is -0.137. The zero-order valence-electron chi connectivity index (χ0n) is 8.12. The summed E-state index contributed by atoms with van der Waals surface area (Å²) in [4.78, 5) is 0. The summed E-state index contributed by atoms with van der Waals surface area (Å²) in [6.07, 6.45) is 4.42. The van der Waals surface area contributed by atoms with Crippen molar-refractivity contribution in [2.75, 3.05) is 13.7 Å². The molecule has 1 aliphatic carbocycles. The average molecular weight is 172 g/mol. The van der Waals surface area contributed by atoms with Crippen molar-refractivity contribution < 1.29 is 9.84 Å². The van der Waals surface area contributed by atoms with E-state index in [2.05, 4.69) is 6.92 Å². The van der Waals surface area contributed by atoms with Crippen molar-refractivity contribution in [2.45, 2.75) is 38.7 Å². The van der Waals surface area contributed by atoms with Crippen molar-refractivity contribution in [2.24, 2.45) is 11.8 Å². The normalized spacial score (nSPS) is 22.2. The molecule has 0 amide bonds. The van der Waals surface area contributed by atoms with Crippen LogP contribution in [0, 0.1) is 11.8 Å². The predicted molar refractivity (Wildman–Crippen MR) is 49.0 cm³/mol. The molecule has 2 unspecified atom stereocenters. The number of aliphatic hydroxyl groups excluding tert-OH is 1. The first-order chi connectivity index (χ1) is 5.79. The summed E-state index contributed by atoms with van der Waals surface area (Å²) in [5.41, 5.74) is 0. The maximum Gasteiger partial charge on any atom is 0.0593 e. The first kappa shape index (κ1) is 10.0. The number of hydrogen-bond donors (Lipinski definition) is 1. The van der Waals surface area contributed by atoms with E-state index in [-0.39, 0.29) is 6.10 Å². The van der Waals surface area contributed by atoms with Crippen LogP contribution in [-0.2, 0) is 4.74 Å². The quantitative estimate of drug-likeness (QED) is 0.662. The zero-order chi connectivity index (χ0) is 8.97. The van der Waals surface area contributed by atoms with Gasteiger partial charge in [0.15, 0.2) is 0 Å². The first-order valence-corrected chi connectivity index (χ1v) is 4.96. The molecule has 1 N–H and O–H groups in total. The first-order valence-electron chi connectivity index (χ1n) is 4.96. The van der Waals surface area contributed by atoms with Crippen molar-refractivity contribution in [1.82, 2.24) is 0 Å². The van der Waals surface area contributed by atoms with Crippen LogP contribution in [0.15, 0.2) is 0 Å². The van der Waals surface area contributed by atoms with Crippen molar-refractivity contribution in [3.05, 3.63) is 0 Å². The van der Waals surface area contributed by atoms with Gasteiger partial charge in [-0.05, 0) is 25.2 Å². The van der Waals surface area contributed by atoms with Crippen LogP contribution in [0.5, 0.6) is 0 Å². The summed E-state index contributed by atoms with van der Waals surface area (Å²) in [6, 6.07) is 0. The van der Waals surface area contributed by atoms with Gasteiger partial charge in [0.25, 0.3) is 0 Å². The Morgan fingerprint density at radius 1 is 1.50 bits per heavy atom. The van der Waals surface area contributed by atoms with Gasteiger partial charge in [0.05, 0.1) is 12.7 Å². The molecular formula is C10H20O2. The topological polar surface area (TPSA) is 29.5 Å². The molecule has 0 saturated heterocycles. The lowest BCUT2D eigenvalue weighted by atomic mass is 9.95. The second kappa shape index (κ2) is 4.83. The Morgan fingerprint density at radius 2 is 2.17 bits per heavy atom. The predicted octanol–water partition coefficient (Wildman–Crippen LogP) is 1.82. The fourth-order valence-electron chi connectivity index (χ4n) is 1.79. The van der Waals surface area contributed by atoms with Gasteiger partial charge >= 0.3 is 0 Å². The minimum Gasteiger partial charge on any atom is -0.393 e.